The molecule has 4 heteroatoms. The summed E-state index contributed by atoms with van der Waals surface area (Å²) in [4.78, 5) is 0. The molecule has 0 N–H and O–H groups in total. The van der Waals surface area contributed by atoms with E-state index in [0.29, 0.717) is 11.5 Å². The van der Waals surface area contributed by atoms with Crippen LogP contribution in [0.2, 0.25) is 0 Å². The summed E-state index contributed by atoms with van der Waals surface area (Å²) in [5.41, 5.74) is -0.00634. The van der Waals surface area contributed by atoms with Crippen molar-refractivity contribution in [3.63, 3.8) is 0 Å². The summed E-state index contributed by atoms with van der Waals surface area (Å²) in [6, 6.07) is 13.1. The van der Waals surface area contributed by atoms with Crippen LogP contribution in [-0.4, -0.2) is 0 Å². The molecule has 2 aromatic carbocycles. The Kier molecular flexibility index (Phi) is 3.74. The normalized spacial score (nSPS) is 10.6. The lowest BCUT2D eigenvalue weighted by Gasteiger charge is -2.06. The second-order valence-corrected chi connectivity index (χ2v) is 4.34. The zero-order chi connectivity index (χ0) is 12.3. The van der Waals surface area contributed by atoms with Crippen molar-refractivity contribution in [1.82, 2.24) is 0 Å². The molecule has 2 rings (SSSR count). The topological polar surface area (TPSA) is 9.23 Å². The van der Waals surface area contributed by atoms with Crippen molar-refractivity contribution in [3.8, 4) is 11.5 Å². The molecule has 0 aliphatic carbocycles. The van der Waals surface area contributed by atoms with Crippen LogP contribution in [0.5, 0.6) is 11.5 Å². The molecule has 0 fully saturated rings. The van der Waals surface area contributed by atoms with Gasteiger partial charge in [-0.2, -0.15) is 0 Å². The summed E-state index contributed by atoms with van der Waals surface area (Å²) in [7, 11) is 0. The highest BCUT2D eigenvalue weighted by atomic mass is 79.9. The Hall–Kier alpha value is -1.42. The summed E-state index contributed by atoms with van der Waals surface area (Å²) in [6.07, 6.45) is -2.45. The third-order valence-corrected chi connectivity index (χ3v) is 2.71. The van der Waals surface area contributed by atoms with Crippen molar-refractivity contribution < 1.29 is 13.5 Å². The van der Waals surface area contributed by atoms with E-state index in [1.807, 2.05) is 12.1 Å². The third-order valence-electron chi connectivity index (χ3n) is 2.18. The maximum Gasteiger partial charge on any atom is 0.263 e. The molecule has 0 radical (unpaired) electrons. The highest BCUT2D eigenvalue weighted by Crippen LogP contribution is 2.26. The van der Waals surface area contributed by atoms with Gasteiger partial charge in [0.25, 0.3) is 6.43 Å². The van der Waals surface area contributed by atoms with Gasteiger partial charge in [0.05, 0.1) is 0 Å². The van der Waals surface area contributed by atoms with Crippen molar-refractivity contribution in [2.45, 2.75) is 6.43 Å². The quantitative estimate of drug-likeness (QED) is 0.759. The van der Waals surface area contributed by atoms with Crippen molar-refractivity contribution in [2.24, 2.45) is 0 Å². The Morgan fingerprint density at radius 1 is 0.824 bits per heavy atom. The van der Waals surface area contributed by atoms with Crippen LogP contribution in [0.4, 0.5) is 8.78 Å². The van der Waals surface area contributed by atoms with Gasteiger partial charge < -0.3 is 4.74 Å². The first-order chi connectivity index (χ1) is 8.15. The van der Waals surface area contributed by atoms with E-state index in [1.54, 1.807) is 12.1 Å². The number of benzene rings is 2. The molecule has 0 aliphatic rings. The number of alkyl halides is 2. The Labute approximate surface area is 106 Å². The minimum absolute atomic E-state index is 0.00634. The van der Waals surface area contributed by atoms with Crippen LogP contribution in [0.1, 0.15) is 12.0 Å². The van der Waals surface area contributed by atoms with Crippen LogP contribution in [0.3, 0.4) is 0 Å². The molecule has 0 heterocycles. The van der Waals surface area contributed by atoms with Crippen LogP contribution >= 0.6 is 15.9 Å². The fraction of sp³-hybridized carbons (Fsp3) is 0.0769. The minimum atomic E-state index is -2.45. The van der Waals surface area contributed by atoms with Crippen LogP contribution in [-0.2, 0) is 0 Å². The van der Waals surface area contributed by atoms with Crippen molar-refractivity contribution >= 4 is 15.9 Å². The van der Waals surface area contributed by atoms with Gasteiger partial charge in [0.1, 0.15) is 11.5 Å². The molecule has 1 nitrogen and oxygen atoms in total. The van der Waals surface area contributed by atoms with E-state index >= 15 is 0 Å². The van der Waals surface area contributed by atoms with Gasteiger partial charge in [-0.15, -0.1) is 0 Å². The smallest absolute Gasteiger partial charge is 0.263 e. The summed E-state index contributed by atoms with van der Waals surface area (Å²) < 4.78 is 31.1. The van der Waals surface area contributed by atoms with E-state index in [9.17, 15) is 8.78 Å². The predicted molar refractivity (Wildman–Crippen MR) is 65.6 cm³/mol. The average Bonchev–Trinajstić information content (AvgIpc) is 2.33. The lowest BCUT2D eigenvalue weighted by molar-refractivity contribution is 0.151. The first kappa shape index (κ1) is 12.0. The van der Waals surface area contributed by atoms with E-state index < -0.39 is 6.43 Å². The second-order valence-electron chi connectivity index (χ2n) is 3.43. The molecule has 0 atom stereocenters. The number of halogens is 3. The highest BCUT2D eigenvalue weighted by molar-refractivity contribution is 9.10. The third kappa shape index (κ3) is 3.27. The van der Waals surface area contributed by atoms with E-state index in [4.69, 9.17) is 4.74 Å². The standard InChI is InChI=1S/C13H9BrF2O/c14-10-3-7-12(8-4-10)17-11-5-1-9(2-6-11)13(15)16/h1-8,13H. The monoisotopic (exact) mass is 298 g/mol. The molecule has 2 aromatic rings. The fourth-order valence-corrected chi connectivity index (χ4v) is 1.58. The highest BCUT2D eigenvalue weighted by Gasteiger charge is 2.06. The van der Waals surface area contributed by atoms with Gasteiger partial charge in [0, 0.05) is 10.0 Å². The largest absolute Gasteiger partial charge is 0.457 e. The first-order valence-electron chi connectivity index (χ1n) is 4.97. The number of ether oxygens (including phenoxy) is 1. The van der Waals surface area contributed by atoms with Gasteiger partial charge in [-0.05, 0) is 48.5 Å². The van der Waals surface area contributed by atoms with Crippen LogP contribution in [0.15, 0.2) is 53.0 Å². The molecule has 0 saturated carbocycles. The zero-order valence-electron chi connectivity index (χ0n) is 8.74. The van der Waals surface area contributed by atoms with Crippen molar-refractivity contribution in [2.75, 3.05) is 0 Å². The van der Waals surface area contributed by atoms with E-state index in [0.717, 1.165) is 4.47 Å². The Bertz CT molecular complexity index is 480. The molecule has 17 heavy (non-hydrogen) atoms. The molecule has 0 saturated heterocycles. The number of rotatable bonds is 3. The van der Waals surface area contributed by atoms with E-state index in [1.165, 1.54) is 24.3 Å². The molecule has 0 amide bonds. The van der Waals surface area contributed by atoms with Gasteiger partial charge in [0.15, 0.2) is 0 Å². The average molecular weight is 299 g/mol. The van der Waals surface area contributed by atoms with E-state index in [2.05, 4.69) is 15.9 Å². The fourth-order valence-electron chi connectivity index (χ4n) is 1.32. The summed E-state index contributed by atoms with van der Waals surface area (Å²) in [5, 5.41) is 0. The molecule has 0 bridgehead atoms. The van der Waals surface area contributed by atoms with Crippen molar-refractivity contribution in [1.29, 1.82) is 0 Å². The zero-order valence-corrected chi connectivity index (χ0v) is 10.3. The lowest BCUT2D eigenvalue weighted by atomic mass is 10.2. The van der Waals surface area contributed by atoms with Gasteiger partial charge in [-0.25, -0.2) is 8.78 Å². The molecule has 0 unspecified atom stereocenters. The molecular formula is C13H9BrF2O. The number of hydrogen-bond donors (Lipinski definition) is 0. The van der Waals surface area contributed by atoms with Crippen LogP contribution < -0.4 is 4.74 Å². The molecule has 0 spiro atoms. The Balaban J connectivity index is 2.11. The Morgan fingerprint density at radius 3 is 1.76 bits per heavy atom. The maximum atomic E-state index is 12.3. The summed E-state index contributed by atoms with van der Waals surface area (Å²) in [6.45, 7) is 0. The van der Waals surface area contributed by atoms with Gasteiger partial charge in [-0.1, -0.05) is 15.9 Å². The summed E-state index contributed by atoms with van der Waals surface area (Å²) >= 11 is 3.32. The molecular weight excluding hydrogens is 290 g/mol. The van der Waals surface area contributed by atoms with E-state index in [-0.39, 0.29) is 5.56 Å². The second kappa shape index (κ2) is 5.27. The van der Waals surface area contributed by atoms with Gasteiger partial charge in [0.2, 0.25) is 0 Å². The maximum absolute atomic E-state index is 12.3. The summed E-state index contributed by atoms with van der Waals surface area (Å²) in [5.74, 6) is 1.20. The predicted octanol–water partition coefficient (Wildman–Crippen LogP) is 5.18. The number of hydrogen-bond acceptors (Lipinski definition) is 1. The molecule has 0 aromatic heterocycles. The lowest BCUT2D eigenvalue weighted by Crippen LogP contribution is -1.86. The molecule has 88 valence electrons. The van der Waals surface area contributed by atoms with Crippen LogP contribution in [0.25, 0.3) is 0 Å². The van der Waals surface area contributed by atoms with Gasteiger partial charge in [-0.3, -0.25) is 0 Å². The van der Waals surface area contributed by atoms with Crippen LogP contribution in [0, 0.1) is 0 Å². The first-order valence-corrected chi connectivity index (χ1v) is 5.76. The Morgan fingerprint density at radius 2 is 1.29 bits per heavy atom. The van der Waals surface area contributed by atoms with Gasteiger partial charge >= 0.3 is 0 Å². The molecule has 0 aliphatic heterocycles. The van der Waals surface area contributed by atoms with Crippen molar-refractivity contribution in [3.05, 3.63) is 58.6 Å². The minimum Gasteiger partial charge on any atom is -0.457 e. The SMILES string of the molecule is FC(F)c1ccc(Oc2ccc(Br)cc2)cc1.